The van der Waals surface area contributed by atoms with E-state index in [1.165, 1.54) is 0 Å². The highest BCUT2D eigenvalue weighted by Crippen LogP contribution is 2.26. The van der Waals surface area contributed by atoms with Crippen LogP contribution in [0.15, 0.2) is 84.9 Å². The number of amides is 2. The van der Waals surface area contributed by atoms with Crippen molar-refractivity contribution in [1.29, 1.82) is 0 Å². The molecule has 0 saturated heterocycles. The van der Waals surface area contributed by atoms with Gasteiger partial charge in [0, 0.05) is 18.1 Å². The van der Waals surface area contributed by atoms with Crippen molar-refractivity contribution in [2.75, 3.05) is 13.1 Å². The van der Waals surface area contributed by atoms with Crippen LogP contribution >= 0.6 is 11.6 Å². The van der Waals surface area contributed by atoms with Gasteiger partial charge in [-0.2, -0.15) is 0 Å². The fourth-order valence-electron chi connectivity index (χ4n) is 3.33. The van der Waals surface area contributed by atoms with Gasteiger partial charge in [-0.05, 0) is 35.7 Å². The number of nitrogens with one attached hydrogen (secondary N) is 1. The molecule has 0 saturated carbocycles. The molecule has 2 amide bonds. The Hall–Kier alpha value is -3.11. The topological polar surface area (TPSA) is 49.4 Å². The summed E-state index contributed by atoms with van der Waals surface area (Å²) in [7, 11) is 0. The van der Waals surface area contributed by atoms with Crippen LogP contribution in [0.25, 0.3) is 0 Å². The second-order valence-electron chi connectivity index (χ2n) is 7.01. The highest BCUT2D eigenvalue weighted by molar-refractivity contribution is 6.30. The van der Waals surface area contributed by atoms with Crippen LogP contribution in [0.5, 0.6) is 0 Å². The van der Waals surface area contributed by atoms with Crippen LogP contribution in [0.2, 0.25) is 5.02 Å². The summed E-state index contributed by atoms with van der Waals surface area (Å²) in [5.41, 5.74) is 2.77. The fraction of sp³-hybridized carbons (Fsp3) is 0.200. The highest BCUT2D eigenvalue weighted by atomic mass is 35.5. The van der Waals surface area contributed by atoms with Crippen molar-refractivity contribution >= 4 is 23.4 Å². The Morgan fingerprint density at radius 1 is 0.867 bits per heavy atom. The van der Waals surface area contributed by atoms with Gasteiger partial charge in [-0.15, -0.1) is 0 Å². The summed E-state index contributed by atoms with van der Waals surface area (Å²) >= 11 is 5.90. The van der Waals surface area contributed by atoms with E-state index < -0.39 is 5.92 Å². The molecule has 4 nitrogen and oxygen atoms in total. The minimum absolute atomic E-state index is 0.0130. The fourth-order valence-corrected chi connectivity index (χ4v) is 3.45. The molecule has 0 unspecified atom stereocenters. The zero-order valence-electron chi connectivity index (χ0n) is 16.9. The third-order valence-corrected chi connectivity index (χ3v) is 5.20. The Labute approximate surface area is 182 Å². The van der Waals surface area contributed by atoms with Crippen molar-refractivity contribution in [2.24, 2.45) is 0 Å². The molecule has 3 aromatic carbocycles. The number of carbonyl (C=O) groups excluding carboxylic acids is 2. The third kappa shape index (κ3) is 5.71. The molecule has 0 atom stereocenters. The molecule has 3 aromatic rings. The van der Waals surface area contributed by atoms with E-state index >= 15 is 0 Å². The second-order valence-corrected chi connectivity index (χ2v) is 7.45. The standard InChI is InChI=1S/C25H25ClN2O2/c1-2-28(18-23(29)27-17-19-13-15-22(26)16-14-19)25(30)24(20-9-5-3-6-10-20)21-11-7-4-8-12-21/h3-16,24H,2,17-18H2,1H3,(H,27,29). The van der Waals surface area contributed by atoms with Crippen LogP contribution in [0.4, 0.5) is 0 Å². The van der Waals surface area contributed by atoms with Gasteiger partial charge >= 0.3 is 0 Å². The lowest BCUT2D eigenvalue weighted by Gasteiger charge is -2.26. The summed E-state index contributed by atoms with van der Waals surface area (Å²) in [6, 6.07) is 26.7. The first-order chi connectivity index (χ1) is 14.6. The summed E-state index contributed by atoms with van der Waals surface area (Å²) in [6.07, 6.45) is 0. The molecule has 0 aliphatic heterocycles. The summed E-state index contributed by atoms with van der Waals surface area (Å²) in [5, 5.41) is 3.53. The number of hydrogen-bond donors (Lipinski definition) is 1. The third-order valence-electron chi connectivity index (χ3n) is 4.94. The Balaban J connectivity index is 1.72. The minimum atomic E-state index is -0.448. The molecule has 1 N–H and O–H groups in total. The maximum absolute atomic E-state index is 13.5. The number of likely N-dealkylation sites (N-methyl/N-ethyl adjacent to an activating group) is 1. The molecular formula is C25H25ClN2O2. The van der Waals surface area contributed by atoms with Gasteiger partial charge in [0.25, 0.3) is 0 Å². The summed E-state index contributed by atoms with van der Waals surface area (Å²) in [5.74, 6) is -0.729. The molecule has 0 radical (unpaired) electrons. The predicted octanol–water partition coefficient (Wildman–Crippen LogP) is 4.64. The monoisotopic (exact) mass is 420 g/mol. The molecule has 0 bridgehead atoms. The zero-order chi connectivity index (χ0) is 21.3. The molecule has 0 aliphatic rings. The molecule has 5 heteroatoms. The van der Waals surface area contributed by atoms with Gasteiger partial charge in [0.15, 0.2) is 0 Å². The van der Waals surface area contributed by atoms with E-state index in [1.54, 1.807) is 17.0 Å². The number of halogens is 1. The van der Waals surface area contributed by atoms with Crippen LogP contribution in [0.3, 0.4) is 0 Å². The van der Waals surface area contributed by atoms with Crippen LogP contribution in [0.1, 0.15) is 29.5 Å². The normalized spacial score (nSPS) is 10.6. The van der Waals surface area contributed by atoms with E-state index in [0.29, 0.717) is 18.1 Å². The molecule has 0 fully saturated rings. The lowest BCUT2D eigenvalue weighted by Crippen LogP contribution is -2.42. The number of hydrogen-bond acceptors (Lipinski definition) is 2. The van der Waals surface area contributed by atoms with Gasteiger partial charge in [0.05, 0.1) is 12.5 Å². The Kier molecular flexibility index (Phi) is 7.63. The van der Waals surface area contributed by atoms with Gasteiger partial charge in [-0.3, -0.25) is 9.59 Å². The van der Waals surface area contributed by atoms with Gasteiger partial charge < -0.3 is 10.2 Å². The smallest absolute Gasteiger partial charge is 0.239 e. The van der Waals surface area contributed by atoms with E-state index in [4.69, 9.17) is 11.6 Å². The van der Waals surface area contributed by atoms with Crippen molar-refractivity contribution in [3.05, 3.63) is 107 Å². The lowest BCUT2D eigenvalue weighted by molar-refractivity contribution is -0.136. The van der Waals surface area contributed by atoms with E-state index in [1.807, 2.05) is 79.7 Å². The van der Waals surface area contributed by atoms with Crippen molar-refractivity contribution in [3.63, 3.8) is 0 Å². The number of nitrogens with zero attached hydrogens (tertiary/aromatic N) is 1. The molecular weight excluding hydrogens is 396 g/mol. The minimum Gasteiger partial charge on any atom is -0.350 e. The van der Waals surface area contributed by atoms with Gasteiger partial charge in [0.2, 0.25) is 11.8 Å². The number of benzene rings is 3. The van der Waals surface area contributed by atoms with Gasteiger partial charge in [-0.1, -0.05) is 84.4 Å². The molecule has 0 heterocycles. The van der Waals surface area contributed by atoms with Crippen molar-refractivity contribution in [2.45, 2.75) is 19.4 Å². The maximum Gasteiger partial charge on any atom is 0.239 e. The van der Waals surface area contributed by atoms with Crippen molar-refractivity contribution in [3.8, 4) is 0 Å². The van der Waals surface area contributed by atoms with E-state index in [0.717, 1.165) is 16.7 Å². The van der Waals surface area contributed by atoms with Crippen LogP contribution in [0, 0.1) is 0 Å². The number of carbonyl (C=O) groups is 2. The van der Waals surface area contributed by atoms with Gasteiger partial charge in [0.1, 0.15) is 0 Å². The summed E-state index contributed by atoms with van der Waals surface area (Å²) < 4.78 is 0. The largest absolute Gasteiger partial charge is 0.350 e. The summed E-state index contributed by atoms with van der Waals surface area (Å²) in [4.78, 5) is 27.6. The Morgan fingerprint density at radius 2 is 1.40 bits per heavy atom. The first-order valence-electron chi connectivity index (χ1n) is 9.98. The number of rotatable bonds is 8. The van der Waals surface area contributed by atoms with E-state index in [-0.39, 0.29) is 18.4 Å². The van der Waals surface area contributed by atoms with Gasteiger partial charge in [-0.25, -0.2) is 0 Å². The molecule has 0 aromatic heterocycles. The average Bonchev–Trinajstić information content (AvgIpc) is 2.78. The molecule has 3 rings (SSSR count). The SMILES string of the molecule is CCN(CC(=O)NCc1ccc(Cl)cc1)C(=O)C(c1ccccc1)c1ccccc1. The lowest BCUT2D eigenvalue weighted by atomic mass is 9.90. The van der Waals surface area contributed by atoms with Crippen molar-refractivity contribution in [1.82, 2.24) is 10.2 Å². The highest BCUT2D eigenvalue weighted by Gasteiger charge is 2.27. The second kappa shape index (κ2) is 10.6. The first kappa shape index (κ1) is 21.6. The van der Waals surface area contributed by atoms with E-state index in [9.17, 15) is 9.59 Å². The van der Waals surface area contributed by atoms with Crippen LogP contribution in [-0.4, -0.2) is 29.8 Å². The van der Waals surface area contributed by atoms with Crippen molar-refractivity contribution < 1.29 is 9.59 Å². The Morgan fingerprint density at radius 3 is 1.90 bits per heavy atom. The molecule has 30 heavy (non-hydrogen) atoms. The summed E-state index contributed by atoms with van der Waals surface area (Å²) in [6.45, 7) is 2.74. The zero-order valence-corrected chi connectivity index (χ0v) is 17.7. The Bertz CT molecular complexity index is 920. The quantitative estimate of drug-likeness (QED) is 0.577. The first-order valence-corrected chi connectivity index (χ1v) is 10.4. The molecule has 154 valence electrons. The van der Waals surface area contributed by atoms with E-state index in [2.05, 4.69) is 5.32 Å². The van der Waals surface area contributed by atoms with Crippen LogP contribution in [-0.2, 0) is 16.1 Å². The average molecular weight is 421 g/mol. The molecule has 0 aliphatic carbocycles. The predicted molar refractivity (Wildman–Crippen MR) is 120 cm³/mol. The van der Waals surface area contributed by atoms with Crippen LogP contribution < -0.4 is 5.32 Å². The maximum atomic E-state index is 13.5. The molecule has 0 spiro atoms.